The first-order valence-corrected chi connectivity index (χ1v) is 5.98. The molecule has 3 N–H and O–H groups in total. The van der Waals surface area contributed by atoms with Crippen LogP contribution in [0, 0.1) is 6.92 Å². The van der Waals surface area contributed by atoms with Crippen LogP contribution in [0.3, 0.4) is 0 Å². The SMILES string of the molecule is Cc1ccccc1Nc1nc(N)nc(C(C)Cl)n1. The number of para-hydroxylation sites is 1. The number of aromatic nitrogens is 3. The van der Waals surface area contributed by atoms with Gasteiger partial charge in [0.25, 0.3) is 0 Å². The molecule has 1 atom stereocenters. The zero-order chi connectivity index (χ0) is 13.1. The summed E-state index contributed by atoms with van der Waals surface area (Å²) in [6.45, 7) is 3.78. The van der Waals surface area contributed by atoms with Crippen molar-refractivity contribution in [1.29, 1.82) is 0 Å². The van der Waals surface area contributed by atoms with Crippen molar-refractivity contribution in [2.75, 3.05) is 11.1 Å². The number of rotatable bonds is 3. The summed E-state index contributed by atoms with van der Waals surface area (Å²) in [5.41, 5.74) is 7.65. The van der Waals surface area contributed by atoms with E-state index in [4.69, 9.17) is 17.3 Å². The quantitative estimate of drug-likeness (QED) is 0.833. The first-order valence-electron chi connectivity index (χ1n) is 5.54. The van der Waals surface area contributed by atoms with Crippen LogP contribution < -0.4 is 11.1 Å². The Bertz CT molecular complexity index is 556. The van der Waals surface area contributed by atoms with Crippen molar-refractivity contribution >= 4 is 29.2 Å². The van der Waals surface area contributed by atoms with Gasteiger partial charge in [0.05, 0.1) is 5.38 Å². The summed E-state index contributed by atoms with van der Waals surface area (Å²) in [5.74, 6) is 1.02. The fourth-order valence-electron chi connectivity index (χ4n) is 1.48. The number of nitrogen functional groups attached to an aromatic ring is 1. The van der Waals surface area contributed by atoms with Gasteiger partial charge in [-0.3, -0.25) is 0 Å². The maximum Gasteiger partial charge on any atom is 0.232 e. The second-order valence-corrected chi connectivity index (χ2v) is 4.59. The molecule has 0 saturated heterocycles. The number of halogens is 1. The van der Waals surface area contributed by atoms with Gasteiger partial charge in [0.1, 0.15) is 0 Å². The number of nitrogens with two attached hydrogens (primary N) is 1. The molecule has 2 aromatic rings. The van der Waals surface area contributed by atoms with Crippen molar-refractivity contribution in [2.45, 2.75) is 19.2 Å². The van der Waals surface area contributed by atoms with E-state index >= 15 is 0 Å². The van der Waals surface area contributed by atoms with Crippen LogP contribution in [0.1, 0.15) is 23.7 Å². The molecule has 0 radical (unpaired) electrons. The minimum atomic E-state index is -0.312. The van der Waals surface area contributed by atoms with Gasteiger partial charge in [-0.05, 0) is 25.5 Å². The number of nitrogens with zero attached hydrogens (tertiary/aromatic N) is 3. The molecule has 2 rings (SSSR count). The van der Waals surface area contributed by atoms with Gasteiger partial charge in [0.2, 0.25) is 11.9 Å². The molecule has 6 heteroatoms. The van der Waals surface area contributed by atoms with Crippen LogP contribution >= 0.6 is 11.6 Å². The minimum absolute atomic E-state index is 0.156. The number of nitrogens with one attached hydrogen (secondary N) is 1. The predicted octanol–water partition coefficient (Wildman–Crippen LogP) is 2.81. The van der Waals surface area contributed by atoms with Gasteiger partial charge in [-0.25, -0.2) is 0 Å². The lowest BCUT2D eigenvalue weighted by molar-refractivity contribution is 0.888. The highest BCUT2D eigenvalue weighted by molar-refractivity contribution is 6.20. The Hall–Kier alpha value is -1.88. The normalized spacial score (nSPS) is 12.2. The van der Waals surface area contributed by atoms with Crippen LogP contribution in [-0.2, 0) is 0 Å². The van der Waals surface area contributed by atoms with E-state index in [1.165, 1.54) is 0 Å². The van der Waals surface area contributed by atoms with Crippen LogP contribution in [0.2, 0.25) is 0 Å². The van der Waals surface area contributed by atoms with Crippen molar-refractivity contribution in [2.24, 2.45) is 0 Å². The van der Waals surface area contributed by atoms with Gasteiger partial charge >= 0.3 is 0 Å². The number of aryl methyl sites for hydroxylation is 1. The summed E-state index contributed by atoms with van der Waals surface area (Å²) in [6.07, 6.45) is 0. The molecule has 0 saturated carbocycles. The fraction of sp³-hybridized carbons (Fsp3) is 0.250. The highest BCUT2D eigenvalue weighted by atomic mass is 35.5. The summed E-state index contributed by atoms with van der Waals surface area (Å²) in [4.78, 5) is 12.2. The van der Waals surface area contributed by atoms with Gasteiger partial charge in [0, 0.05) is 5.69 Å². The first kappa shape index (κ1) is 12.6. The summed E-state index contributed by atoms with van der Waals surface area (Å²) in [5, 5.41) is 2.80. The fourth-order valence-corrected chi connectivity index (χ4v) is 1.57. The van der Waals surface area contributed by atoms with E-state index in [-0.39, 0.29) is 11.3 Å². The average molecular weight is 264 g/mol. The van der Waals surface area contributed by atoms with Gasteiger partial charge in [-0.2, -0.15) is 15.0 Å². The van der Waals surface area contributed by atoms with Crippen molar-refractivity contribution in [3.8, 4) is 0 Å². The summed E-state index contributed by atoms with van der Waals surface area (Å²) in [6, 6.07) is 7.84. The Morgan fingerprint density at radius 1 is 1.22 bits per heavy atom. The molecule has 94 valence electrons. The Labute approximate surface area is 110 Å². The monoisotopic (exact) mass is 263 g/mol. The zero-order valence-corrected chi connectivity index (χ0v) is 10.9. The molecule has 0 aliphatic heterocycles. The number of hydrogen-bond acceptors (Lipinski definition) is 5. The molecule has 0 bridgehead atoms. The molecule has 0 aliphatic rings. The zero-order valence-electron chi connectivity index (χ0n) is 10.2. The maximum absolute atomic E-state index is 5.95. The number of anilines is 3. The molecule has 1 heterocycles. The molecule has 5 nitrogen and oxygen atoms in total. The molecular weight excluding hydrogens is 250 g/mol. The summed E-state index contributed by atoms with van der Waals surface area (Å²) >= 11 is 5.95. The molecule has 0 spiro atoms. The van der Waals surface area contributed by atoms with Gasteiger partial charge in [0.15, 0.2) is 5.82 Å². The molecular formula is C12H14ClN5. The largest absolute Gasteiger partial charge is 0.368 e. The summed E-state index contributed by atoms with van der Waals surface area (Å²) in [7, 11) is 0. The second-order valence-electron chi connectivity index (χ2n) is 3.93. The lowest BCUT2D eigenvalue weighted by Gasteiger charge is -2.09. The summed E-state index contributed by atoms with van der Waals surface area (Å²) < 4.78 is 0. The van der Waals surface area contributed by atoms with E-state index in [9.17, 15) is 0 Å². The Morgan fingerprint density at radius 2 is 1.94 bits per heavy atom. The minimum Gasteiger partial charge on any atom is -0.368 e. The van der Waals surface area contributed by atoms with Crippen LogP contribution in [0.4, 0.5) is 17.6 Å². The highest BCUT2D eigenvalue weighted by Gasteiger charge is 2.09. The molecule has 1 aromatic carbocycles. The highest BCUT2D eigenvalue weighted by Crippen LogP contribution is 2.20. The third-order valence-electron chi connectivity index (χ3n) is 2.42. The third kappa shape index (κ3) is 2.87. The van der Waals surface area contributed by atoms with E-state index < -0.39 is 0 Å². The third-order valence-corrected chi connectivity index (χ3v) is 2.61. The van der Waals surface area contributed by atoms with E-state index in [2.05, 4.69) is 20.3 Å². The van der Waals surface area contributed by atoms with Crippen LogP contribution in [0.5, 0.6) is 0 Å². The Kier molecular flexibility index (Phi) is 3.62. The van der Waals surface area contributed by atoms with Crippen molar-refractivity contribution in [3.63, 3.8) is 0 Å². The second kappa shape index (κ2) is 5.18. The van der Waals surface area contributed by atoms with E-state index in [1.54, 1.807) is 6.92 Å². The van der Waals surface area contributed by atoms with E-state index in [0.29, 0.717) is 11.8 Å². The molecule has 0 amide bonds. The number of hydrogen-bond donors (Lipinski definition) is 2. The lowest BCUT2D eigenvalue weighted by Crippen LogP contribution is -2.07. The van der Waals surface area contributed by atoms with E-state index in [1.807, 2.05) is 31.2 Å². The predicted molar refractivity (Wildman–Crippen MR) is 73.0 cm³/mol. The van der Waals surface area contributed by atoms with Gasteiger partial charge < -0.3 is 11.1 Å². The van der Waals surface area contributed by atoms with Crippen LogP contribution in [-0.4, -0.2) is 15.0 Å². The topological polar surface area (TPSA) is 76.7 Å². The molecule has 0 aliphatic carbocycles. The average Bonchev–Trinajstić information content (AvgIpc) is 2.31. The Balaban J connectivity index is 2.32. The number of alkyl halides is 1. The number of benzene rings is 1. The van der Waals surface area contributed by atoms with Gasteiger partial charge in [-0.1, -0.05) is 18.2 Å². The van der Waals surface area contributed by atoms with Gasteiger partial charge in [-0.15, -0.1) is 11.6 Å². The van der Waals surface area contributed by atoms with Crippen molar-refractivity contribution in [1.82, 2.24) is 15.0 Å². The van der Waals surface area contributed by atoms with E-state index in [0.717, 1.165) is 11.3 Å². The smallest absolute Gasteiger partial charge is 0.232 e. The Morgan fingerprint density at radius 3 is 2.61 bits per heavy atom. The van der Waals surface area contributed by atoms with Crippen molar-refractivity contribution < 1.29 is 0 Å². The maximum atomic E-state index is 5.95. The van der Waals surface area contributed by atoms with Crippen molar-refractivity contribution in [3.05, 3.63) is 35.7 Å². The first-order chi connectivity index (χ1) is 8.56. The standard InChI is InChI=1S/C12H14ClN5/c1-7-5-3-4-6-9(7)15-12-17-10(8(2)13)16-11(14)18-12/h3-6,8H,1-2H3,(H3,14,15,16,17,18). The molecule has 18 heavy (non-hydrogen) atoms. The molecule has 0 fully saturated rings. The lowest BCUT2D eigenvalue weighted by atomic mass is 10.2. The van der Waals surface area contributed by atoms with Crippen LogP contribution in [0.15, 0.2) is 24.3 Å². The molecule has 1 aromatic heterocycles. The molecule has 1 unspecified atom stereocenters. The van der Waals surface area contributed by atoms with Crippen LogP contribution in [0.25, 0.3) is 0 Å².